The molecular weight excluding hydrogens is 194 g/mol. The van der Waals surface area contributed by atoms with Crippen molar-refractivity contribution >= 4 is 5.69 Å². The van der Waals surface area contributed by atoms with Gasteiger partial charge in [-0.15, -0.1) is 0 Å². The average molecular weight is 209 g/mol. The smallest absolute Gasteiger partial charge is 0.200 e. The molecule has 15 heavy (non-hydrogen) atoms. The minimum Gasteiger partial charge on any atom is -0.493 e. The molecule has 0 radical (unpaired) electrons. The van der Waals surface area contributed by atoms with Gasteiger partial charge in [-0.05, 0) is 18.6 Å². The number of methoxy groups -OCH3 is 1. The van der Waals surface area contributed by atoms with Crippen molar-refractivity contribution in [3.8, 4) is 11.5 Å². The number of benzene rings is 1. The molecule has 1 aliphatic heterocycles. The maximum absolute atomic E-state index is 5.68. The van der Waals surface area contributed by atoms with Crippen LogP contribution < -0.4 is 15.2 Å². The third-order valence-corrected chi connectivity index (χ3v) is 2.33. The van der Waals surface area contributed by atoms with Crippen LogP contribution in [0.15, 0.2) is 18.2 Å². The van der Waals surface area contributed by atoms with Gasteiger partial charge in [0.25, 0.3) is 0 Å². The Morgan fingerprint density at radius 3 is 2.93 bits per heavy atom. The van der Waals surface area contributed by atoms with E-state index >= 15 is 0 Å². The highest BCUT2D eigenvalue weighted by Crippen LogP contribution is 2.31. The van der Waals surface area contributed by atoms with E-state index in [-0.39, 0.29) is 6.29 Å². The summed E-state index contributed by atoms with van der Waals surface area (Å²) in [6.07, 6.45) is 1.79. The van der Waals surface area contributed by atoms with Crippen molar-refractivity contribution in [2.45, 2.75) is 19.1 Å². The molecule has 2 rings (SSSR count). The predicted molar refractivity (Wildman–Crippen MR) is 57.0 cm³/mol. The molecule has 1 fully saturated rings. The van der Waals surface area contributed by atoms with Gasteiger partial charge >= 0.3 is 0 Å². The summed E-state index contributed by atoms with van der Waals surface area (Å²) in [5.41, 5.74) is 6.34. The maximum atomic E-state index is 5.68. The molecule has 0 aliphatic carbocycles. The summed E-state index contributed by atoms with van der Waals surface area (Å²) in [5, 5.41) is 0. The molecule has 2 N–H and O–H groups in total. The summed E-state index contributed by atoms with van der Waals surface area (Å²) in [6.45, 7) is 0.759. The van der Waals surface area contributed by atoms with E-state index in [1.54, 1.807) is 25.3 Å². The summed E-state index contributed by atoms with van der Waals surface area (Å²) in [6, 6.07) is 5.32. The van der Waals surface area contributed by atoms with Crippen LogP contribution in [0.4, 0.5) is 5.69 Å². The molecule has 4 nitrogen and oxygen atoms in total. The first-order valence-electron chi connectivity index (χ1n) is 5.01. The van der Waals surface area contributed by atoms with E-state index in [2.05, 4.69) is 0 Å². The molecule has 4 heteroatoms. The van der Waals surface area contributed by atoms with Crippen LogP contribution in [0.1, 0.15) is 12.8 Å². The Balaban J connectivity index is 2.14. The molecule has 1 aromatic carbocycles. The zero-order chi connectivity index (χ0) is 10.7. The van der Waals surface area contributed by atoms with E-state index in [4.69, 9.17) is 19.9 Å². The molecule has 1 heterocycles. The van der Waals surface area contributed by atoms with E-state index in [0.29, 0.717) is 17.2 Å². The number of nitrogen functional groups attached to an aromatic ring is 1. The van der Waals surface area contributed by atoms with Gasteiger partial charge in [0.2, 0.25) is 0 Å². The standard InChI is InChI=1S/C11H15NO3/c1-13-9-5-4-8(12)7-10(9)15-11-3-2-6-14-11/h4-5,7,11H,2-3,6,12H2,1H3. The predicted octanol–water partition coefficient (Wildman–Crippen LogP) is 1.79. The Bertz CT molecular complexity index is 335. The van der Waals surface area contributed by atoms with Crippen LogP contribution in [-0.4, -0.2) is 20.0 Å². The van der Waals surface area contributed by atoms with Gasteiger partial charge in [0.1, 0.15) is 0 Å². The molecule has 1 aromatic rings. The molecule has 1 saturated heterocycles. The molecule has 1 unspecified atom stereocenters. The van der Waals surface area contributed by atoms with Crippen molar-refractivity contribution in [1.82, 2.24) is 0 Å². The Labute approximate surface area is 88.9 Å². The van der Waals surface area contributed by atoms with Crippen molar-refractivity contribution in [3.63, 3.8) is 0 Å². The lowest BCUT2D eigenvalue weighted by atomic mass is 10.3. The molecule has 0 amide bonds. The third-order valence-electron chi connectivity index (χ3n) is 2.33. The maximum Gasteiger partial charge on any atom is 0.200 e. The summed E-state index contributed by atoms with van der Waals surface area (Å²) in [4.78, 5) is 0. The highest BCUT2D eigenvalue weighted by molar-refractivity contribution is 5.51. The number of rotatable bonds is 3. The lowest BCUT2D eigenvalue weighted by molar-refractivity contribution is -0.0402. The molecular formula is C11H15NO3. The van der Waals surface area contributed by atoms with E-state index in [0.717, 1.165) is 19.4 Å². The SMILES string of the molecule is COc1ccc(N)cc1OC1CCCO1. The van der Waals surface area contributed by atoms with Crippen LogP contribution in [0.5, 0.6) is 11.5 Å². The van der Waals surface area contributed by atoms with E-state index in [1.807, 2.05) is 0 Å². The van der Waals surface area contributed by atoms with Gasteiger partial charge in [0.05, 0.1) is 13.7 Å². The van der Waals surface area contributed by atoms with Gasteiger partial charge < -0.3 is 19.9 Å². The first-order valence-corrected chi connectivity index (χ1v) is 5.01. The topological polar surface area (TPSA) is 53.7 Å². The second kappa shape index (κ2) is 4.40. The van der Waals surface area contributed by atoms with Gasteiger partial charge in [-0.1, -0.05) is 0 Å². The van der Waals surface area contributed by atoms with E-state index in [9.17, 15) is 0 Å². The summed E-state index contributed by atoms with van der Waals surface area (Å²) >= 11 is 0. The van der Waals surface area contributed by atoms with Gasteiger partial charge in [-0.3, -0.25) is 0 Å². The molecule has 82 valence electrons. The first-order chi connectivity index (χ1) is 7.29. The Kier molecular flexibility index (Phi) is 2.97. The Hall–Kier alpha value is -1.42. The molecule has 1 atom stereocenters. The second-order valence-electron chi connectivity index (χ2n) is 3.47. The van der Waals surface area contributed by atoms with Crippen molar-refractivity contribution < 1.29 is 14.2 Å². The van der Waals surface area contributed by atoms with Crippen LogP contribution in [-0.2, 0) is 4.74 Å². The van der Waals surface area contributed by atoms with Crippen LogP contribution >= 0.6 is 0 Å². The van der Waals surface area contributed by atoms with E-state index < -0.39 is 0 Å². The fourth-order valence-electron chi connectivity index (χ4n) is 1.57. The highest BCUT2D eigenvalue weighted by atomic mass is 16.7. The third kappa shape index (κ3) is 2.33. The minimum atomic E-state index is -0.166. The van der Waals surface area contributed by atoms with Crippen molar-refractivity contribution in [2.24, 2.45) is 0 Å². The monoisotopic (exact) mass is 209 g/mol. The zero-order valence-electron chi connectivity index (χ0n) is 8.73. The number of hydrogen-bond acceptors (Lipinski definition) is 4. The number of nitrogens with two attached hydrogens (primary N) is 1. The lowest BCUT2D eigenvalue weighted by Gasteiger charge is -2.15. The summed E-state index contributed by atoms with van der Waals surface area (Å²) in [7, 11) is 1.61. The zero-order valence-corrected chi connectivity index (χ0v) is 8.73. The first kappa shape index (κ1) is 10.1. The van der Waals surface area contributed by atoms with Crippen LogP contribution in [0.3, 0.4) is 0 Å². The van der Waals surface area contributed by atoms with E-state index in [1.165, 1.54) is 0 Å². The molecule has 0 spiro atoms. The fourth-order valence-corrected chi connectivity index (χ4v) is 1.57. The number of ether oxygens (including phenoxy) is 3. The van der Waals surface area contributed by atoms with Gasteiger partial charge in [-0.2, -0.15) is 0 Å². The largest absolute Gasteiger partial charge is 0.493 e. The average Bonchev–Trinajstić information content (AvgIpc) is 2.71. The molecule has 1 aliphatic rings. The molecule has 0 saturated carbocycles. The minimum absolute atomic E-state index is 0.166. The number of anilines is 1. The number of hydrogen-bond donors (Lipinski definition) is 1. The summed E-state index contributed by atoms with van der Waals surface area (Å²) in [5.74, 6) is 1.32. The highest BCUT2D eigenvalue weighted by Gasteiger charge is 2.18. The van der Waals surface area contributed by atoms with Gasteiger partial charge in [-0.25, -0.2) is 0 Å². The normalized spacial score (nSPS) is 20.2. The summed E-state index contributed by atoms with van der Waals surface area (Å²) < 4.78 is 16.2. The second-order valence-corrected chi connectivity index (χ2v) is 3.47. The quantitative estimate of drug-likeness (QED) is 0.771. The Morgan fingerprint density at radius 2 is 2.27 bits per heavy atom. The van der Waals surface area contributed by atoms with Crippen molar-refractivity contribution in [1.29, 1.82) is 0 Å². The van der Waals surface area contributed by atoms with Gasteiger partial charge in [0, 0.05) is 18.2 Å². The van der Waals surface area contributed by atoms with Crippen molar-refractivity contribution in [2.75, 3.05) is 19.5 Å². The van der Waals surface area contributed by atoms with Gasteiger partial charge in [0.15, 0.2) is 17.8 Å². The lowest BCUT2D eigenvalue weighted by Crippen LogP contribution is -2.14. The van der Waals surface area contributed by atoms with Crippen LogP contribution in [0.2, 0.25) is 0 Å². The molecule has 0 aromatic heterocycles. The fraction of sp³-hybridized carbons (Fsp3) is 0.455. The van der Waals surface area contributed by atoms with Crippen LogP contribution in [0.25, 0.3) is 0 Å². The van der Waals surface area contributed by atoms with Crippen LogP contribution in [0, 0.1) is 0 Å². The van der Waals surface area contributed by atoms with Crippen molar-refractivity contribution in [3.05, 3.63) is 18.2 Å². The molecule has 0 bridgehead atoms. The Morgan fingerprint density at radius 1 is 1.40 bits per heavy atom.